The Morgan fingerprint density at radius 2 is 1.88 bits per heavy atom. The van der Waals surface area contributed by atoms with Crippen molar-refractivity contribution in [3.8, 4) is 5.75 Å². The molecular formula is C14H21NO. The number of phenolic OH excluding ortho intramolecular Hbond substituents is 1. The Labute approximate surface area is 98.2 Å². The fourth-order valence-corrected chi connectivity index (χ4v) is 1.78. The molecule has 16 heavy (non-hydrogen) atoms. The lowest BCUT2D eigenvalue weighted by atomic mass is 10.1. The Morgan fingerprint density at radius 1 is 1.25 bits per heavy atom. The van der Waals surface area contributed by atoms with Gasteiger partial charge >= 0.3 is 0 Å². The van der Waals surface area contributed by atoms with Crippen LogP contribution in [0.5, 0.6) is 5.75 Å². The summed E-state index contributed by atoms with van der Waals surface area (Å²) in [6.45, 7) is 10.8. The van der Waals surface area contributed by atoms with Gasteiger partial charge in [-0.3, -0.25) is 4.90 Å². The standard InChI is InChI=1S/C14H21NO/c1-4-8-12-9-7-10-13(14(12)16)11-15(5-2)6-3/h4,7,9-10,16H,1,5-6,8,11H2,2-3H3. The maximum Gasteiger partial charge on any atom is 0.123 e. The number of phenols is 1. The molecule has 0 radical (unpaired) electrons. The number of allylic oxidation sites excluding steroid dienone is 1. The van der Waals surface area contributed by atoms with Gasteiger partial charge in [0.1, 0.15) is 5.75 Å². The molecule has 0 aliphatic rings. The van der Waals surface area contributed by atoms with Gasteiger partial charge in [0.25, 0.3) is 0 Å². The van der Waals surface area contributed by atoms with Crippen LogP contribution >= 0.6 is 0 Å². The van der Waals surface area contributed by atoms with Crippen LogP contribution in [0.1, 0.15) is 25.0 Å². The highest BCUT2D eigenvalue weighted by atomic mass is 16.3. The quantitative estimate of drug-likeness (QED) is 0.744. The molecule has 0 aromatic heterocycles. The van der Waals surface area contributed by atoms with E-state index in [-0.39, 0.29) is 0 Å². The first-order chi connectivity index (χ1) is 7.72. The molecular weight excluding hydrogens is 198 g/mol. The van der Waals surface area contributed by atoms with Crippen molar-refractivity contribution in [2.24, 2.45) is 0 Å². The summed E-state index contributed by atoms with van der Waals surface area (Å²) in [5.41, 5.74) is 1.96. The van der Waals surface area contributed by atoms with E-state index in [9.17, 15) is 5.11 Å². The predicted octanol–water partition coefficient (Wildman–Crippen LogP) is 2.96. The molecule has 0 saturated carbocycles. The number of benzene rings is 1. The van der Waals surface area contributed by atoms with Crippen molar-refractivity contribution in [2.45, 2.75) is 26.8 Å². The van der Waals surface area contributed by atoms with Crippen molar-refractivity contribution < 1.29 is 5.11 Å². The molecule has 0 bridgehead atoms. The summed E-state index contributed by atoms with van der Waals surface area (Å²) in [5, 5.41) is 10.1. The van der Waals surface area contributed by atoms with Crippen molar-refractivity contribution in [3.05, 3.63) is 42.0 Å². The van der Waals surface area contributed by atoms with Gasteiger partial charge in [0.15, 0.2) is 0 Å². The van der Waals surface area contributed by atoms with Gasteiger partial charge in [-0.25, -0.2) is 0 Å². The molecule has 0 amide bonds. The summed E-state index contributed by atoms with van der Waals surface area (Å²) in [6.07, 6.45) is 2.54. The number of nitrogens with zero attached hydrogens (tertiary/aromatic N) is 1. The number of hydrogen-bond acceptors (Lipinski definition) is 2. The second-order valence-corrected chi connectivity index (χ2v) is 3.88. The summed E-state index contributed by atoms with van der Waals surface area (Å²) < 4.78 is 0. The molecule has 0 saturated heterocycles. The van der Waals surface area contributed by atoms with E-state index in [0.717, 1.165) is 37.2 Å². The zero-order chi connectivity index (χ0) is 12.0. The highest BCUT2D eigenvalue weighted by molar-refractivity contribution is 5.41. The Hall–Kier alpha value is -1.28. The molecule has 1 aromatic rings. The molecule has 1 N–H and O–H groups in total. The normalized spacial score (nSPS) is 10.7. The van der Waals surface area contributed by atoms with Crippen LogP contribution < -0.4 is 0 Å². The maximum absolute atomic E-state index is 10.1. The molecule has 0 aliphatic heterocycles. The minimum Gasteiger partial charge on any atom is -0.507 e. The highest BCUT2D eigenvalue weighted by Gasteiger charge is 2.08. The highest BCUT2D eigenvalue weighted by Crippen LogP contribution is 2.24. The monoisotopic (exact) mass is 219 g/mol. The summed E-state index contributed by atoms with van der Waals surface area (Å²) in [7, 11) is 0. The van der Waals surface area contributed by atoms with Crippen LogP contribution in [0.2, 0.25) is 0 Å². The fraction of sp³-hybridized carbons (Fsp3) is 0.429. The molecule has 0 heterocycles. The van der Waals surface area contributed by atoms with Gasteiger partial charge < -0.3 is 5.11 Å². The minimum atomic E-state index is 0.425. The lowest BCUT2D eigenvalue weighted by Crippen LogP contribution is -2.22. The molecule has 0 spiro atoms. The number of para-hydroxylation sites is 1. The molecule has 2 nitrogen and oxygen atoms in total. The molecule has 0 fully saturated rings. The zero-order valence-corrected chi connectivity index (χ0v) is 10.2. The molecule has 2 heteroatoms. The number of hydrogen-bond donors (Lipinski definition) is 1. The van der Waals surface area contributed by atoms with Gasteiger partial charge in [-0.1, -0.05) is 38.1 Å². The third-order valence-electron chi connectivity index (χ3n) is 2.86. The third-order valence-corrected chi connectivity index (χ3v) is 2.86. The first-order valence-corrected chi connectivity index (χ1v) is 5.85. The first kappa shape index (κ1) is 12.8. The van der Waals surface area contributed by atoms with Crippen molar-refractivity contribution in [1.82, 2.24) is 4.90 Å². The predicted molar refractivity (Wildman–Crippen MR) is 68.6 cm³/mol. The van der Waals surface area contributed by atoms with Crippen LogP contribution in [0.4, 0.5) is 0 Å². The molecule has 0 atom stereocenters. The van der Waals surface area contributed by atoms with Crippen LogP contribution in [0, 0.1) is 0 Å². The average molecular weight is 219 g/mol. The van der Waals surface area contributed by atoms with E-state index in [1.807, 2.05) is 24.3 Å². The SMILES string of the molecule is C=CCc1cccc(CN(CC)CC)c1O. The van der Waals surface area contributed by atoms with Crippen molar-refractivity contribution in [2.75, 3.05) is 13.1 Å². The van der Waals surface area contributed by atoms with Crippen molar-refractivity contribution in [3.63, 3.8) is 0 Å². The van der Waals surface area contributed by atoms with Crippen LogP contribution in [0.25, 0.3) is 0 Å². The second-order valence-electron chi connectivity index (χ2n) is 3.88. The van der Waals surface area contributed by atoms with Crippen LogP contribution in [-0.4, -0.2) is 23.1 Å². The van der Waals surface area contributed by atoms with E-state index in [1.54, 1.807) is 0 Å². The van der Waals surface area contributed by atoms with Gasteiger partial charge in [0.2, 0.25) is 0 Å². The van der Waals surface area contributed by atoms with E-state index in [4.69, 9.17) is 0 Å². The number of rotatable bonds is 6. The van der Waals surface area contributed by atoms with Gasteiger partial charge in [-0.05, 0) is 25.1 Å². The minimum absolute atomic E-state index is 0.425. The number of aromatic hydroxyl groups is 1. The Balaban J connectivity index is 2.87. The Kier molecular flexibility index (Phi) is 5.06. The van der Waals surface area contributed by atoms with Gasteiger partial charge in [-0.15, -0.1) is 6.58 Å². The van der Waals surface area contributed by atoms with Crippen molar-refractivity contribution >= 4 is 0 Å². The molecule has 1 aromatic carbocycles. The third kappa shape index (κ3) is 3.11. The zero-order valence-electron chi connectivity index (χ0n) is 10.2. The fourth-order valence-electron chi connectivity index (χ4n) is 1.78. The van der Waals surface area contributed by atoms with Crippen LogP contribution in [0.15, 0.2) is 30.9 Å². The summed E-state index contributed by atoms with van der Waals surface area (Å²) >= 11 is 0. The lowest BCUT2D eigenvalue weighted by molar-refractivity contribution is 0.290. The van der Waals surface area contributed by atoms with Gasteiger partial charge in [-0.2, -0.15) is 0 Å². The summed E-state index contributed by atoms with van der Waals surface area (Å²) in [5.74, 6) is 0.425. The molecule has 0 unspecified atom stereocenters. The molecule has 88 valence electrons. The smallest absolute Gasteiger partial charge is 0.123 e. The molecule has 0 aliphatic carbocycles. The van der Waals surface area contributed by atoms with E-state index >= 15 is 0 Å². The maximum atomic E-state index is 10.1. The largest absolute Gasteiger partial charge is 0.507 e. The lowest BCUT2D eigenvalue weighted by Gasteiger charge is -2.19. The van der Waals surface area contributed by atoms with Crippen molar-refractivity contribution in [1.29, 1.82) is 0 Å². The second kappa shape index (κ2) is 6.33. The average Bonchev–Trinajstić information content (AvgIpc) is 2.30. The Morgan fingerprint density at radius 3 is 2.44 bits per heavy atom. The van der Waals surface area contributed by atoms with Crippen LogP contribution in [0.3, 0.4) is 0 Å². The van der Waals surface area contributed by atoms with Gasteiger partial charge in [0.05, 0.1) is 0 Å². The van der Waals surface area contributed by atoms with E-state index in [1.165, 1.54) is 0 Å². The Bertz CT molecular complexity index is 343. The van der Waals surface area contributed by atoms with Crippen LogP contribution in [-0.2, 0) is 13.0 Å². The molecule has 1 rings (SSSR count). The van der Waals surface area contributed by atoms with E-state index < -0.39 is 0 Å². The first-order valence-electron chi connectivity index (χ1n) is 5.85. The topological polar surface area (TPSA) is 23.5 Å². The van der Waals surface area contributed by atoms with E-state index in [0.29, 0.717) is 5.75 Å². The summed E-state index contributed by atoms with van der Waals surface area (Å²) in [4.78, 5) is 2.28. The van der Waals surface area contributed by atoms with Gasteiger partial charge in [0, 0.05) is 12.1 Å². The summed E-state index contributed by atoms with van der Waals surface area (Å²) in [6, 6.07) is 5.93. The van der Waals surface area contributed by atoms with E-state index in [2.05, 4.69) is 25.3 Å².